The summed E-state index contributed by atoms with van der Waals surface area (Å²) in [5.74, 6) is -0.159. The third-order valence-corrected chi connectivity index (χ3v) is 4.46. The van der Waals surface area contributed by atoms with Crippen LogP contribution in [0.25, 0.3) is 0 Å². The van der Waals surface area contributed by atoms with E-state index in [9.17, 15) is 4.79 Å². The van der Waals surface area contributed by atoms with Crippen molar-refractivity contribution in [1.29, 1.82) is 0 Å². The molecule has 3 rings (SSSR count). The minimum Gasteiger partial charge on any atom is -0.362 e. The van der Waals surface area contributed by atoms with Gasteiger partial charge in [-0.05, 0) is 36.6 Å². The lowest BCUT2D eigenvalue weighted by Gasteiger charge is -2.30. The molecule has 124 valence electrons. The third kappa shape index (κ3) is 4.08. The first-order valence-corrected chi connectivity index (χ1v) is 8.49. The Morgan fingerprint density at radius 3 is 2.92 bits per heavy atom. The standard InChI is InChI=1S/C18H17Cl2N3O/c19-15-8-7-14(16(20)10-15)11-21-22-18(24)12-23-9-3-5-13-4-1-2-6-17(13)23/h1-2,4,6-8,10-11H,3,5,9,12H2,(H,22,24)/b21-11+. The number of aryl methyl sites for hydroxylation is 1. The van der Waals surface area contributed by atoms with Gasteiger partial charge in [0.05, 0.1) is 17.8 Å². The first kappa shape index (κ1) is 16.8. The molecule has 0 aliphatic carbocycles. The van der Waals surface area contributed by atoms with E-state index in [-0.39, 0.29) is 12.5 Å². The molecular weight excluding hydrogens is 345 g/mol. The second kappa shape index (κ2) is 7.69. The topological polar surface area (TPSA) is 44.7 Å². The fraction of sp³-hybridized carbons (Fsp3) is 0.222. The van der Waals surface area contributed by atoms with Gasteiger partial charge in [0.2, 0.25) is 0 Å². The fourth-order valence-corrected chi connectivity index (χ4v) is 3.22. The highest BCUT2D eigenvalue weighted by atomic mass is 35.5. The van der Waals surface area contributed by atoms with Crippen molar-refractivity contribution in [2.75, 3.05) is 18.0 Å². The molecule has 0 atom stereocenters. The SMILES string of the molecule is O=C(CN1CCCc2ccccc21)N/N=C/c1ccc(Cl)cc1Cl. The predicted octanol–water partition coefficient (Wildman–Crippen LogP) is 3.90. The molecule has 1 aliphatic heterocycles. The monoisotopic (exact) mass is 361 g/mol. The van der Waals surface area contributed by atoms with Gasteiger partial charge < -0.3 is 4.90 Å². The number of nitrogens with zero attached hydrogens (tertiary/aromatic N) is 2. The largest absolute Gasteiger partial charge is 0.362 e. The van der Waals surface area contributed by atoms with Crippen molar-refractivity contribution in [2.24, 2.45) is 5.10 Å². The Kier molecular flexibility index (Phi) is 5.38. The quantitative estimate of drug-likeness (QED) is 0.662. The molecule has 0 spiro atoms. The molecule has 1 aliphatic rings. The molecule has 4 nitrogen and oxygen atoms in total. The molecule has 0 fully saturated rings. The molecule has 0 unspecified atom stereocenters. The van der Waals surface area contributed by atoms with Crippen molar-refractivity contribution in [1.82, 2.24) is 5.43 Å². The molecule has 24 heavy (non-hydrogen) atoms. The summed E-state index contributed by atoms with van der Waals surface area (Å²) in [6, 6.07) is 13.3. The molecule has 1 amide bonds. The fourth-order valence-electron chi connectivity index (χ4n) is 2.76. The van der Waals surface area contributed by atoms with Gasteiger partial charge in [0.25, 0.3) is 5.91 Å². The van der Waals surface area contributed by atoms with E-state index in [0.717, 1.165) is 25.1 Å². The summed E-state index contributed by atoms with van der Waals surface area (Å²) in [6.45, 7) is 1.15. The van der Waals surface area contributed by atoms with E-state index < -0.39 is 0 Å². The summed E-state index contributed by atoms with van der Waals surface area (Å²) in [4.78, 5) is 14.2. The number of carbonyl (C=O) groups is 1. The van der Waals surface area contributed by atoms with Crippen LogP contribution in [0, 0.1) is 0 Å². The van der Waals surface area contributed by atoms with E-state index in [0.29, 0.717) is 15.6 Å². The van der Waals surface area contributed by atoms with Crippen LogP contribution in [0.4, 0.5) is 5.69 Å². The summed E-state index contributed by atoms with van der Waals surface area (Å²) >= 11 is 11.9. The number of hydrogen-bond acceptors (Lipinski definition) is 3. The number of benzene rings is 2. The summed E-state index contributed by atoms with van der Waals surface area (Å²) in [6.07, 6.45) is 3.62. The van der Waals surface area contributed by atoms with Crippen molar-refractivity contribution in [3.63, 3.8) is 0 Å². The molecule has 1 N–H and O–H groups in total. The van der Waals surface area contributed by atoms with Crippen LogP contribution in [0.5, 0.6) is 0 Å². The zero-order valence-electron chi connectivity index (χ0n) is 13.0. The molecule has 2 aromatic carbocycles. The van der Waals surface area contributed by atoms with Gasteiger partial charge in [0.1, 0.15) is 0 Å². The van der Waals surface area contributed by atoms with E-state index in [1.807, 2.05) is 12.1 Å². The van der Waals surface area contributed by atoms with E-state index in [1.54, 1.807) is 18.2 Å². The number of rotatable bonds is 4. The zero-order chi connectivity index (χ0) is 16.9. The lowest BCUT2D eigenvalue weighted by atomic mass is 10.0. The van der Waals surface area contributed by atoms with Crippen LogP contribution >= 0.6 is 23.2 Å². The molecule has 0 saturated carbocycles. The number of fused-ring (bicyclic) bond motifs is 1. The number of hydrogen-bond donors (Lipinski definition) is 1. The lowest BCUT2D eigenvalue weighted by Crippen LogP contribution is -2.38. The Morgan fingerprint density at radius 1 is 1.25 bits per heavy atom. The van der Waals surface area contributed by atoms with Crippen LogP contribution in [0.2, 0.25) is 10.0 Å². The zero-order valence-corrected chi connectivity index (χ0v) is 14.5. The third-order valence-electron chi connectivity index (χ3n) is 3.90. The number of hydrazone groups is 1. The maximum absolute atomic E-state index is 12.1. The van der Waals surface area contributed by atoms with Crippen molar-refractivity contribution >= 4 is 41.0 Å². The number of halogens is 2. The number of para-hydroxylation sites is 1. The van der Waals surface area contributed by atoms with Crippen LogP contribution in [-0.2, 0) is 11.2 Å². The van der Waals surface area contributed by atoms with Crippen LogP contribution < -0.4 is 10.3 Å². The molecule has 1 heterocycles. The number of carbonyl (C=O) groups excluding carboxylic acids is 1. The van der Waals surface area contributed by atoms with Gasteiger partial charge in [-0.2, -0.15) is 5.10 Å². The number of anilines is 1. The predicted molar refractivity (Wildman–Crippen MR) is 99.2 cm³/mol. The molecule has 2 aromatic rings. The van der Waals surface area contributed by atoms with E-state index in [2.05, 4.69) is 27.6 Å². The maximum atomic E-state index is 12.1. The first-order valence-electron chi connectivity index (χ1n) is 7.73. The van der Waals surface area contributed by atoms with Gasteiger partial charge in [0, 0.05) is 22.8 Å². The Morgan fingerprint density at radius 2 is 2.08 bits per heavy atom. The van der Waals surface area contributed by atoms with Gasteiger partial charge in [-0.25, -0.2) is 5.43 Å². The lowest BCUT2D eigenvalue weighted by molar-refractivity contribution is -0.119. The first-order chi connectivity index (χ1) is 11.6. The summed E-state index contributed by atoms with van der Waals surface area (Å²) < 4.78 is 0. The van der Waals surface area contributed by atoms with Gasteiger partial charge in [-0.3, -0.25) is 4.79 Å². The average Bonchev–Trinajstić information content (AvgIpc) is 2.57. The van der Waals surface area contributed by atoms with E-state index in [1.165, 1.54) is 11.8 Å². The Bertz CT molecular complexity index is 777. The van der Waals surface area contributed by atoms with E-state index in [4.69, 9.17) is 23.2 Å². The van der Waals surface area contributed by atoms with Crippen molar-refractivity contribution < 1.29 is 4.79 Å². The van der Waals surface area contributed by atoms with Crippen LogP contribution in [0.15, 0.2) is 47.6 Å². The highest BCUT2D eigenvalue weighted by Crippen LogP contribution is 2.26. The summed E-state index contributed by atoms with van der Waals surface area (Å²) in [5.41, 5.74) is 5.66. The molecule has 6 heteroatoms. The molecule has 0 radical (unpaired) electrons. The van der Waals surface area contributed by atoms with Gasteiger partial charge >= 0.3 is 0 Å². The average molecular weight is 362 g/mol. The van der Waals surface area contributed by atoms with Crippen LogP contribution in [0.1, 0.15) is 17.5 Å². The smallest absolute Gasteiger partial charge is 0.259 e. The molecule has 0 saturated heterocycles. The molecular formula is C18H17Cl2N3O. The highest BCUT2D eigenvalue weighted by Gasteiger charge is 2.18. The summed E-state index contributed by atoms with van der Waals surface area (Å²) in [5, 5.41) is 5.03. The van der Waals surface area contributed by atoms with Gasteiger partial charge in [0.15, 0.2) is 0 Å². The summed E-state index contributed by atoms with van der Waals surface area (Å²) in [7, 11) is 0. The van der Waals surface area contributed by atoms with Crippen molar-refractivity contribution in [3.05, 3.63) is 63.6 Å². The number of nitrogens with one attached hydrogen (secondary N) is 1. The van der Waals surface area contributed by atoms with Crippen molar-refractivity contribution in [3.8, 4) is 0 Å². The normalized spacial score (nSPS) is 13.8. The number of amides is 1. The second-order valence-corrected chi connectivity index (χ2v) is 6.46. The van der Waals surface area contributed by atoms with E-state index >= 15 is 0 Å². The molecule has 0 aromatic heterocycles. The molecule has 0 bridgehead atoms. The minimum atomic E-state index is -0.159. The van der Waals surface area contributed by atoms with Crippen LogP contribution in [0.3, 0.4) is 0 Å². The Labute approximate surface area is 151 Å². The van der Waals surface area contributed by atoms with Gasteiger partial charge in [-0.15, -0.1) is 0 Å². The van der Waals surface area contributed by atoms with Crippen molar-refractivity contribution in [2.45, 2.75) is 12.8 Å². The minimum absolute atomic E-state index is 0.159. The Hall–Kier alpha value is -2.04. The second-order valence-electron chi connectivity index (χ2n) is 5.61. The van der Waals surface area contributed by atoms with Gasteiger partial charge in [-0.1, -0.05) is 47.5 Å². The maximum Gasteiger partial charge on any atom is 0.259 e. The highest BCUT2D eigenvalue weighted by molar-refractivity contribution is 6.36. The Balaban J connectivity index is 1.59. The van der Waals surface area contributed by atoms with Crippen LogP contribution in [-0.4, -0.2) is 25.2 Å².